The molecule has 1 aliphatic heterocycles. The average molecular weight is 329 g/mol. The van der Waals surface area contributed by atoms with Gasteiger partial charge in [-0.3, -0.25) is 0 Å². The second kappa shape index (κ2) is 7.63. The largest absolute Gasteiger partial charge is 0.313 e. The van der Waals surface area contributed by atoms with Crippen LogP contribution in [-0.4, -0.2) is 32.5 Å². The van der Waals surface area contributed by atoms with Gasteiger partial charge in [0.25, 0.3) is 0 Å². The van der Waals surface area contributed by atoms with Gasteiger partial charge in [0, 0.05) is 18.3 Å². The van der Waals surface area contributed by atoms with Crippen LogP contribution >= 0.6 is 11.8 Å². The van der Waals surface area contributed by atoms with Crippen LogP contribution in [0.2, 0.25) is 0 Å². The number of sulfonamides is 1. The molecule has 1 heterocycles. The molecule has 1 aromatic carbocycles. The highest BCUT2D eigenvalue weighted by atomic mass is 32.2. The summed E-state index contributed by atoms with van der Waals surface area (Å²) in [7, 11) is -3.43. The number of thioether (sulfide) groups is 1. The number of nitrogens with one attached hydrogen (secondary N) is 2. The summed E-state index contributed by atoms with van der Waals surface area (Å²) in [6, 6.07) is 5.56. The normalized spacial score (nSPS) is 19.6. The van der Waals surface area contributed by atoms with Gasteiger partial charge in [0.1, 0.15) is 0 Å². The summed E-state index contributed by atoms with van der Waals surface area (Å²) in [4.78, 5) is 0.411. The lowest BCUT2D eigenvalue weighted by Gasteiger charge is -2.23. The Morgan fingerprint density at radius 3 is 2.86 bits per heavy atom. The first-order chi connectivity index (χ1) is 10.0. The van der Waals surface area contributed by atoms with Gasteiger partial charge in [-0.25, -0.2) is 13.1 Å². The summed E-state index contributed by atoms with van der Waals surface area (Å²) in [5.41, 5.74) is 1.88. The molecule has 0 aromatic heterocycles. The molecular weight excluding hydrogens is 304 g/mol. The van der Waals surface area contributed by atoms with Crippen LogP contribution in [-0.2, 0) is 16.6 Å². The van der Waals surface area contributed by atoms with Crippen molar-refractivity contribution in [2.75, 3.05) is 18.1 Å². The van der Waals surface area contributed by atoms with Gasteiger partial charge in [-0.2, -0.15) is 11.8 Å². The van der Waals surface area contributed by atoms with E-state index in [1.165, 1.54) is 0 Å². The van der Waals surface area contributed by atoms with Gasteiger partial charge in [0.15, 0.2) is 0 Å². The van der Waals surface area contributed by atoms with E-state index in [0.29, 0.717) is 11.4 Å². The Kier molecular flexibility index (Phi) is 6.10. The fourth-order valence-electron chi connectivity index (χ4n) is 2.52. The zero-order valence-electron chi connectivity index (χ0n) is 12.7. The predicted octanol–water partition coefficient (Wildman–Crippen LogP) is 2.28. The smallest absolute Gasteiger partial charge is 0.241 e. The van der Waals surface area contributed by atoms with E-state index in [4.69, 9.17) is 0 Å². The van der Waals surface area contributed by atoms with Gasteiger partial charge in [-0.1, -0.05) is 19.1 Å². The molecular formula is C15H24N2O2S2. The topological polar surface area (TPSA) is 58.2 Å². The Morgan fingerprint density at radius 2 is 2.19 bits per heavy atom. The molecule has 2 N–H and O–H groups in total. The molecule has 0 aliphatic carbocycles. The van der Waals surface area contributed by atoms with Crippen LogP contribution in [0.15, 0.2) is 23.1 Å². The van der Waals surface area contributed by atoms with Crippen molar-refractivity contribution in [2.24, 2.45) is 0 Å². The first-order valence-corrected chi connectivity index (χ1v) is 10.1. The first kappa shape index (κ1) is 16.8. The molecule has 1 aliphatic rings. The summed E-state index contributed by atoms with van der Waals surface area (Å²) < 4.78 is 28.1. The summed E-state index contributed by atoms with van der Waals surface area (Å²) in [5, 5.41) is 3.25. The fraction of sp³-hybridized carbons (Fsp3) is 0.600. The zero-order chi connectivity index (χ0) is 15.3. The van der Waals surface area contributed by atoms with E-state index in [1.807, 2.05) is 37.7 Å². The maximum atomic E-state index is 12.6. The minimum absolute atomic E-state index is 0.0607. The Hall–Kier alpha value is -0.560. The van der Waals surface area contributed by atoms with E-state index < -0.39 is 10.0 Å². The van der Waals surface area contributed by atoms with E-state index in [0.717, 1.165) is 42.0 Å². The van der Waals surface area contributed by atoms with E-state index >= 15 is 0 Å². The maximum absolute atomic E-state index is 12.6. The average Bonchev–Trinajstić information content (AvgIpc) is 2.46. The molecule has 0 spiro atoms. The molecule has 0 amide bonds. The number of hydrogen-bond acceptors (Lipinski definition) is 4. The van der Waals surface area contributed by atoms with Crippen molar-refractivity contribution in [2.45, 2.75) is 44.2 Å². The lowest BCUT2D eigenvalue weighted by Crippen LogP contribution is -2.38. The third-order valence-electron chi connectivity index (χ3n) is 3.73. The van der Waals surface area contributed by atoms with Crippen LogP contribution in [0.1, 0.15) is 30.9 Å². The van der Waals surface area contributed by atoms with Crippen molar-refractivity contribution in [3.05, 3.63) is 29.3 Å². The molecule has 6 heteroatoms. The second-order valence-electron chi connectivity index (χ2n) is 5.36. The number of benzene rings is 1. The lowest BCUT2D eigenvalue weighted by atomic mass is 10.1. The molecule has 1 aromatic rings. The van der Waals surface area contributed by atoms with Crippen molar-refractivity contribution >= 4 is 21.8 Å². The molecule has 1 saturated heterocycles. The van der Waals surface area contributed by atoms with Gasteiger partial charge in [0.2, 0.25) is 10.0 Å². The van der Waals surface area contributed by atoms with Crippen LogP contribution < -0.4 is 10.0 Å². The highest BCUT2D eigenvalue weighted by molar-refractivity contribution is 7.99. The van der Waals surface area contributed by atoms with Crippen LogP contribution in [0.3, 0.4) is 0 Å². The molecule has 1 unspecified atom stereocenters. The summed E-state index contributed by atoms with van der Waals surface area (Å²) in [6.07, 6.45) is 2.01. The molecule has 0 bridgehead atoms. The number of hydrogen-bond donors (Lipinski definition) is 2. The van der Waals surface area contributed by atoms with Crippen LogP contribution in [0.5, 0.6) is 0 Å². The Morgan fingerprint density at radius 1 is 1.38 bits per heavy atom. The molecule has 0 saturated carbocycles. The second-order valence-corrected chi connectivity index (χ2v) is 8.19. The molecule has 118 valence electrons. The molecule has 1 fully saturated rings. The Balaban J connectivity index is 2.18. The third-order valence-corrected chi connectivity index (χ3v) is 6.61. The summed E-state index contributed by atoms with van der Waals surface area (Å²) >= 11 is 1.82. The van der Waals surface area contributed by atoms with E-state index in [-0.39, 0.29) is 6.04 Å². The Bertz CT molecular complexity index is 567. The Labute approximate surface area is 132 Å². The van der Waals surface area contributed by atoms with Gasteiger partial charge in [-0.15, -0.1) is 0 Å². The zero-order valence-corrected chi connectivity index (χ0v) is 14.3. The molecule has 2 rings (SSSR count). The number of rotatable bonds is 6. The lowest BCUT2D eigenvalue weighted by molar-refractivity contribution is 0.542. The van der Waals surface area contributed by atoms with Crippen LogP contribution in [0, 0.1) is 6.92 Å². The van der Waals surface area contributed by atoms with Crippen molar-refractivity contribution in [3.63, 3.8) is 0 Å². The third kappa shape index (κ3) is 4.45. The quantitative estimate of drug-likeness (QED) is 0.841. The minimum atomic E-state index is -3.43. The monoisotopic (exact) mass is 328 g/mol. The van der Waals surface area contributed by atoms with Gasteiger partial charge in [0.05, 0.1) is 4.90 Å². The summed E-state index contributed by atoms with van der Waals surface area (Å²) in [5.74, 6) is 2.00. The van der Waals surface area contributed by atoms with Gasteiger partial charge >= 0.3 is 0 Å². The highest BCUT2D eigenvalue weighted by Crippen LogP contribution is 2.22. The van der Waals surface area contributed by atoms with E-state index in [2.05, 4.69) is 10.0 Å². The molecule has 1 atom stereocenters. The highest BCUT2D eigenvalue weighted by Gasteiger charge is 2.24. The predicted molar refractivity (Wildman–Crippen MR) is 89.2 cm³/mol. The van der Waals surface area contributed by atoms with Crippen LogP contribution in [0.25, 0.3) is 0 Å². The van der Waals surface area contributed by atoms with Crippen molar-refractivity contribution in [1.82, 2.24) is 10.0 Å². The van der Waals surface area contributed by atoms with Crippen LogP contribution in [0.4, 0.5) is 0 Å². The standard InChI is InChI=1S/C15H24N2O2S2/c1-3-16-10-13-6-4-8-15(12(13)2)21(18,19)17-14-7-5-9-20-11-14/h4,6,8,14,16-17H,3,5,7,9-11H2,1-2H3. The SMILES string of the molecule is CCNCc1cccc(S(=O)(=O)NC2CCCSC2)c1C. The van der Waals surface area contributed by atoms with Crippen molar-refractivity contribution < 1.29 is 8.42 Å². The fourth-order valence-corrected chi connectivity index (χ4v) is 5.26. The maximum Gasteiger partial charge on any atom is 0.241 e. The molecule has 4 nitrogen and oxygen atoms in total. The van der Waals surface area contributed by atoms with E-state index in [9.17, 15) is 8.42 Å². The molecule has 21 heavy (non-hydrogen) atoms. The van der Waals surface area contributed by atoms with Crippen molar-refractivity contribution in [1.29, 1.82) is 0 Å². The van der Waals surface area contributed by atoms with Gasteiger partial charge in [-0.05, 0) is 49.3 Å². The van der Waals surface area contributed by atoms with Gasteiger partial charge < -0.3 is 5.32 Å². The first-order valence-electron chi connectivity index (χ1n) is 7.44. The minimum Gasteiger partial charge on any atom is -0.313 e. The summed E-state index contributed by atoms with van der Waals surface area (Å²) in [6.45, 7) is 5.49. The van der Waals surface area contributed by atoms with Crippen molar-refractivity contribution in [3.8, 4) is 0 Å². The van der Waals surface area contributed by atoms with E-state index in [1.54, 1.807) is 6.07 Å². The molecule has 0 radical (unpaired) electrons.